The number of rotatable bonds is 5. The van der Waals surface area contributed by atoms with Gasteiger partial charge in [0.2, 0.25) is 0 Å². The van der Waals surface area contributed by atoms with E-state index < -0.39 is 23.4 Å². The Bertz CT molecular complexity index is 1440. The van der Waals surface area contributed by atoms with Crippen molar-refractivity contribution in [2.45, 2.75) is 123 Å². The monoisotopic (exact) mass is 619 g/mol. The Kier molecular flexibility index (Phi) is 11.2. The standard InChI is InChI=1S/C35H49N5O5/c1-34(2,3)44-32(41)40(33(42)45-35(4,5)6)30-27-29(39(31(36-27)43-7)24-25-20-16-15-17-21-25)37-28(38-30)26-22-18-13-11-9-8-10-12-14-19-23-26/h9,11,15-17,20-21,26H,8,10,12-14,18-19,22-24H2,1-7H3/b11-9-. The van der Waals surface area contributed by atoms with Crippen LogP contribution in [0.4, 0.5) is 15.4 Å². The van der Waals surface area contributed by atoms with Gasteiger partial charge in [-0.05, 0) is 85.6 Å². The highest BCUT2D eigenvalue weighted by atomic mass is 16.6. The van der Waals surface area contributed by atoms with Gasteiger partial charge in [0, 0.05) is 5.92 Å². The van der Waals surface area contributed by atoms with Crippen LogP contribution in [0.15, 0.2) is 42.5 Å². The van der Waals surface area contributed by atoms with Gasteiger partial charge in [-0.15, -0.1) is 0 Å². The highest BCUT2D eigenvalue weighted by Crippen LogP contribution is 2.35. The first kappa shape index (κ1) is 33.9. The molecular formula is C35H49N5O5. The summed E-state index contributed by atoms with van der Waals surface area (Å²) >= 11 is 0. The van der Waals surface area contributed by atoms with Gasteiger partial charge in [-0.1, -0.05) is 61.7 Å². The number of imide groups is 1. The fourth-order valence-electron chi connectivity index (χ4n) is 5.37. The average Bonchev–Trinajstić information content (AvgIpc) is 3.29. The topological polar surface area (TPSA) is 109 Å². The third-order valence-electron chi connectivity index (χ3n) is 7.42. The number of methoxy groups -OCH3 is 1. The van der Waals surface area contributed by atoms with Crippen molar-refractivity contribution >= 4 is 29.2 Å². The molecule has 3 aromatic rings. The number of nitrogens with zero attached hydrogens (tertiary/aromatic N) is 5. The Hall–Kier alpha value is -3.95. The van der Waals surface area contributed by atoms with E-state index in [1.54, 1.807) is 41.5 Å². The number of anilines is 1. The van der Waals surface area contributed by atoms with E-state index in [9.17, 15) is 9.59 Å². The number of fused-ring (bicyclic) bond motifs is 1. The average molecular weight is 620 g/mol. The lowest BCUT2D eigenvalue weighted by atomic mass is 9.93. The van der Waals surface area contributed by atoms with Crippen LogP contribution in [0.1, 0.15) is 117 Å². The van der Waals surface area contributed by atoms with Crippen LogP contribution in [0, 0.1) is 0 Å². The van der Waals surface area contributed by atoms with Crippen molar-refractivity contribution in [3.05, 3.63) is 53.9 Å². The molecule has 0 saturated carbocycles. The fourth-order valence-corrected chi connectivity index (χ4v) is 5.37. The number of carbonyl (C=O) groups is 2. The smallest absolute Gasteiger partial charge is 0.425 e. The van der Waals surface area contributed by atoms with Crippen molar-refractivity contribution in [3.63, 3.8) is 0 Å². The van der Waals surface area contributed by atoms with E-state index in [-0.39, 0.29) is 17.3 Å². The maximum Gasteiger partial charge on any atom is 0.425 e. The molecule has 1 unspecified atom stereocenters. The van der Waals surface area contributed by atoms with Crippen LogP contribution >= 0.6 is 0 Å². The molecule has 0 radical (unpaired) electrons. The van der Waals surface area contributed by atoms with Gasteiger partial charge in [0.1, 0.15) is 17.0 Å². The van der Waals surface area contributed by atoms with Crippen molar-refractivity contribution in [1.29, 1.82) is 0 Å². The molecule has 4 rings (SSSR count). The Balaban J connectivity index is 1.93. The van der Waals surface area contributed by atoms with E-state index in [4.69, 9.17) is 29.2 Å². The van der Waals surface area contributed by atoms with E-state index in [0.29, 0.717) is 24.0 Å². The maximum atomic E-state index is 13.8. The van der Waals surface area contributed by atoms with E-state index in [1.165, 1.54) is 20.0 Å². The lowest BCUT2D eigenvalue weighted by Gasteiger charge is -2.28. The first-order chi connectivity index (χ1) is 21.4. The number of benzene rings is 1. The number of aromatic nitrogens is 4. The van der Waals surface area contributed by atoms with E-state index in [1.807, 2.05) is 34.9 Å². The molecule has 2 amide bonds. The van der Waals surface area contributed by atoms with Crippen LogP contribution in [0.3, 0.4) is 0 Å². The first-order valence-corrected chi connectivity index (χ1v) is 16.1. The van der Waals surface area contributed by atoms with Crippen molar-refractivity contribution in [2.24, 2.45) is 0 Å². The summed E-state index contributed by atoms with van der Waals surface area (Å²) < 4.78 is 19.0. The minimum absolute atomic E-state index is 0.0196. The quantitative estimate of drug-likeness (QED) is 0.261. The van der Waals surface area contributed by atoms with Gasteiger partial charge in [-0.3, -0.25) is 4.57 Å². The van der Waals surface area contributed by atoms with Gasteiger partial charge >= 0.3 is 12.2 Å². The molecule has 45 heavy (non-hydrogen) atoms. The minimum Gasteiger partial charge on any atom is -0.468 e. The second-order valence-corrected chi connectivity index (χ2v) is 13.6. The number of ether oxygens (including phenoxy) is 3. The largest absolute Gasteiger partial charge is 0.468 e. The zero-order chi connectivity index (χ0) is 32.6. The number of amides is 2. The Morgan fingerprint density at radius 2 is 1.42 bits per heavy atom. The van der Waals surface area contributed by atoms with E-state index >= 15 is 0 Å². The van der Waals surface area contributed by atoms with E-state index in [0.717, 1.165) is 55.4 Å². The zero-order valence-corrected chi connectivity index (χ0v) is 28.0. The fraction of sp³-hybridized carbons (Fsp3) is 0.571. The minimum atomic E-state index is -0.900. The molecule has 1 aromatic carbocycles. The first-order valence-electron chi connectivity index (χ1n) is 16.1. The van der Waals surface area contributed by atoms with Crippen LogP contribution in [0.5, 0.6) is 6.01 Å². The number of hydrogen-bond donors (Lipinski definition) is 0. The summed E-state index contributed by atoms with van der Waals surface area (Å²) in [7, 11) is 1.54. The lowest BCUT2D eigenvalue weighted by molar-refractivity contribution is 0.0429. The molecular weight excluding hydrogens is 570 g/mol. The summed E-state index contributed by atoms with van der Waals surface area (Å²) in [6, 6.07) is 10.2. The molecule has 1 atom stereocenters. The van der Waals surface area contributed by atoms with Crippen LogP contribution in [-0.4, -0.2) is 50.0 Å². The molecule has 2 aromatic heterocycles. The second-order valence-electron chi connectivity index (χ2n) is 13.6. The summed E-state index contributed by atoms with van der Waals surface area (Å²) in [4.78, 5) is 43.2. The molecule has 0 N–H and O–H groups in total. The van der Waals surface area contributed by atoms with Gasteiger partial charge in [-0.25, -0.2) is 19.6 Å². The van der Waals surface area contributed by atoms with Gasteiger partial charge in [0.05, 0.1) is 13.7 Å². The maximum absolute atomic E-state index is 13.8. The van der Waals surface area contributed by atoms with Gasteiger partial charge in [0.25, 0.3) is 6.01 Å². The van der Waals surface area contributed by atoms with Crippen molar-refractivity contribution in [1.82, 2.24) is 19.5 Å². The number of allylic oxidation sites excluding steroid dienone is 2. The third kappa shape index (κ3) is 9.52. The summed E-state index contributed by atoms with van der Waals surface area (Å²) in [5, 5.41) is 0. The SMILES string of the molecule is COc1nc2c(N(C(=O)OC(C)(C)C)C(=O)OC(C)(C)C)nc(C3CCC/C=C\CCCCCC3)nc2n1Cc1ccccc1. The normalized spacial score (nSPS) is 17.5. The molecule has 0 aliphatic heterocycles. The number of hydrogen-bond acceptors (Lipinski definition) is 8. The van der Waals surface area contributed by atoms with Crippen molar-refractivity contribution in [3.8, 4) is 6.01 Å². The number of imidazole rings is 1. The molecule has 0 fully saturated rings. The zero-order valence-electron chi connectivity index (χ0n) is 28.0. The highest BCUT2D eigenvalue weighted by Gasteiger charge is 2.37. The molecule has 0 spiro atoms. The van der Waals surface area contributed by atoms with Crippen LogP contribution in [0.25, 0.3) is 11.2 Å². The van der Waals surface area contributed by atoms with Crippen molar-refractivity contribution < 1.29 is 23.8 Å². The molecule has 10 nitrogen and oxygen atoms in total. The Morgan fingerprint density at radius 1 is 0.822 bits per heavy atom. The van der Waals surface area contributed by atoms with Crippen LogP contribution in [-0.2, 0) is 16.0 Å². The highest BCUT2D eigenvalue weighted by molar-refractivity contribution is 6.12. The summed E-state index contributed by atoms with van der Waals surface area (Å²) in [6.07, 6.45) is 12.1. The molecule has 0 bridgehead atoms. The van der Waals surface area contributed by atoms with Gasteiger partial charge in [0.15, 0.2) is 17.0 Å². The molecule has 1 aliphatic rings. The van der Waals surface area contributed by atoms with Crippen LogP contribution < -0.4 is 9.64 Å². The van der Waals surface area contributed by atoms with Gasteiger partial charge in [-0.2, -0.15) is 9.88 Å². The Morgan fingerprint density at radius 3 is 2.04 bits per heavy atom. The predicted molar refractivity (Wildman–Crippen MR) is 176 cm³/mol. The summed E-state index contributed by atoms with van der Waals surface area (Å²) in [5.74, 6) is 0.605. The van der Waals surface area contributed by atoms with Gasteiger partial charge < -0.3 is 14.2 Å². The van der Waals surface area contributed by atoms with E-state index in [2.05, 4.69) is 12.2 Å². The molecule has 10 heteroatoms. The predicted octanol–water partition coefficient (Wildman–Crippen LogP) is 8.72. The lowest BCUT2D eigenvalue weighted by Crippen LogP contribution is -2.44. The third-order valence-corrected chi connectivity index (χ3v) is 7.42. The molecule has 244 valence electrons. The molecule has 0 saturated heterocycles. The second kappa shape index (κ2) is 14.9. The van der Waals surface area contributed by atoms with Crippen LogP contribution in [0.2, 0.25) is 0 Å². The van der Waals surface area contributed by atoms with Crippen molar-refractivity contribution in [2.75, 3.05) is 12.0 Å². The number of carbonyl (C=O) groups excluding carboxylic acids is 2. The summed E-state index contributed by atoms with van der Waals surface area (Å²) in [5.41, 5.74) is -0.0148. The molecule has 1 aliphatic carbocycles. The Labute approximate surface area is 267 Å². The molecule has 2 heterocycles. The summed E-state index contributed by atoms with van der Waals surface area (Å²) in [6.45, 7) is 10.9.